The molecule has 1 heterocycles. The van der Waals surface area contributed by atoms with Gasteiger partial charge in [0, 0.05) is 23.4 Å². The fourth-order valence-corrected chi connectivity index (χ4v) is 0.647. The zero-order valence-electron chi connectivity index (χ0n) is 5.74. The fraction of sp³-hybridized carbons (Fsp3) is 0.167. The largest absolute Gasteiger partial charge is 0.410 e. The Morgan fingerprint density at radius 2 is 2.36 bits per heavy atom. The Bertz CT molecular complexity index is 277. The van der Waals surface area contributed by atoms with Crippen LogP contribution in [-0.4, -0.2) is 15.4 Å². The number of carbonyl (C=O) groups excluding carboxylic acids is 1. The van der Waals surface area contributed by atoms with Crippen LogP contribution in [0.4, 0.5) is 4.79 Å². The second kappa shape index (κ2) is 3.30. The van der Waals surface area contributed by atoms with E-state index in [0.717, 1.165) is 0 Å². The van der Waals surface area contributed by atoms with Crippen LogP contribution in [0.15, 0.2) is 12.4 Å². The van der Waals surface area contributed by atoms with Gasteiger partial charge in [-0.3, -0.25) is 0 Å². The zero-order valence-corrected chi connectivity index (χ0v) is 6.50. The lowest BCUT2D eigenvalue weighted by Crippen LogP contribution is -1.98. The summed E-state index contributed by atoms with van der Waals surface area (Å²) < 4.78 is 4.47. The Balaban J connectivity index is 2.79. The quantitative estimate of drug-likeness (QED) is 0.603. The predicted octanol–water partition coefficient (Wildman–Crippen LogP) is 1.52. The summed E-state index contributed by atoms with van der Waals surface area (Å²) in [5.74, 6) is 0.164. The minimum Gasteiger partial charge on any atom is -0.395 e. The Labute approximate surface area is 68.2 Å². The molecular weight excluding hydrogens is 168 g/mol. The first-order valence-electron chi connectivity index (χ1n) is 2.84. The Morgan fingerprint density at radius 3 is 2.91 bits per heavy atom. The van der Waals surface area contributed by atoms with E-state index in [-0.39, 0.29) is 5.88 Å². The van der Waals surface area contributed by atoms with Gasteiger partial charge in [-0.15, -0.1) is 0 Å². The minimum absolute atomic E-state index is 0.164. The highest BCUT2D eigenvalue weighted by molar-refractivity contribution is 6.61. The van der Waals surface area contributed by atoms with Crippen LogP contribution >= 0.6 is 11.6 Å². The average molecular weight is 173 g/mol. The molecule has 0 amide bonds. The maximum atomic E-state index is 10.2. The van der Waals surface area contributed by atoms with Crippen molar-refractivity contribution in [3.05, 3.63) is 18.1 Å². The van der Waals surface area contributed by atoms with Crippen LogP contribution in [0.5, 0.6) is 5.88 Å². The van der Waals surface area contributed by atoms with E-state index in [1.54, 1.807) is 6.92 Å². The molecule has 0 N–H and O–H groups in total. The molecule has 0 radical (unpaired) electrons. The van der Waals surface area contributed by atoms with E-state index in [1.807, 2.05) is 0 Å². The van der Waals surface area contributed by atoms with Gasteiger partial charge in [0.1, 0.15) is 6.33 Å². The summed E-state index contributed by atoms with van der Waals surface area (Å²) >= 11 is 4.94. The maximum Gasteiger partial charge on any atom is 0.410 e. The number of halogens is 1. The van der Waals surface area contributed by atoms with Crippen molar-refractivity contribution in [3.63, 3.8) is 0 Å². The van der Waals surface area contributed by atoms with Gasteiger partial charge in [-0.2, -0.15) is 0 Å². The lowest BCUT2D eigenvalue weighted by molar-refractivity contribution is 0.224. The van der Waals surface area contributed by atoms with E-state index in [2.05, 4.69) is 14.7 Å². The summed E-state index contributed by atoms with van der Waals surface area (Å²) in [5, 5.41) is 0. The molecule has 0 aliphatic rings. The highest BCUT2D eigenvalue weighted by Crippen LogP contribution is 2.06. The molecule has 1 aromatic heterocycles. The number of aryl methyl sites for hydroxylation is 1. The van der Waals surface area contributed by atoms with Crippen LogP contribution in [0.3, 0.4) is 0 Å². The monoisotopic (exact) mass is 172 g/mol. The van der Waals surface area contributed by atoms with Crippen LogP contribution in [0, 0.1) is 6.92 Å². The molecule has 4 nitrogen and oxygen atoms in total. The topological polar surface area (TPSA) is 52.1 Å². The van der Waals surface area contributed by atoms with Gasteiger partial charge in [-0.1, -0.05) is 0 Å². The van der Waals surface area contributed by atoms with Crippen molar-refractivity contribution in [2.75, 3.05) is 0 Å². The van der Waals surface area contributed by atoms with Crippen molar-refractivity contribution in [1.29, 1.82) is 0 Å². The van der Waals surface area contributed by atoms with Crippen molar-refractivity contribution in [2.24, 2.45) is 0 Å². The first kappa shape index (κ1) is 7.94. The third kappa shape index (κ3) is 2.51. The van der Waals surface area contributed by atoms with Crippen LogP contribution < -0.4 is 4.74 Å². The van der Waals surface area contributed by atoms with Gasteiger partial charge in [0.2, 0.25) is 5.88 Å². The number of aromatic nitrogens is 2. The third-order valence-electron chi connectivity index (χ3n) is 0.964. The van der Waals surface area contributed by atoms with Gasteiger partial charge in [0.25, 0.3) is 0 Å². The first-order valence-corrected chi connectivity index (χ1v) is 3.22. The van der Waals surface area contributed by atoms with Crippen molar-refractivity contribution in [3.8, 4) is 5.88 Å². The number of hydrogen-bond acceptors (Lipinski definition) is 4. The van der Waals surface area contributed by atoms with E-state index in [1.165, 1.54) is 12.4 Å². The first-order chi connectivity index (χ1) is 5.18. The number of rotatable bonds is 1. The molecule has 5 heteroatoms. The standard InChI is InChI=1S/C6H5ClN2O2/c1-4-2-5(9-3-8-4)11-6(7)10/h2-3H,1H3. The van der Waals surface area contributed by atoms with Crippen molar-refractivity contribution in [1.82, 2.24) is 9.97 Å². The fourth-order valence-electron chi connectivity index (χ4n) is 0.568. The molecule has 0 aromatic carbocycles. The smallest absolute Gasteiger partial charge is 0.395 e. The van der Waals surface area contributed by atoms with Crippen molar-refractivity contribution in [2.45, 2.75) is 6.92 Å². The van der Waals surface area contributed by atoms with Gasteiger partial charge in [-0.05, 0) is 6.92 Å². The highest BCUT2D eigenvalue weighted by atomic mass is 35.5. The molecule has 0 fully saturated rings. The number of ether oxygens (including phenoxy) is 1. The molecule has 0 saturated heterocycles. The second-order valence-electron chi connectivity index (χ2n) is 1.84. The van der Waals surface area contributed by atoms with Crippen molar-refractivity contribution >= 4 is 17.0 Å². The van der Waals surface area contributed by atoms with Crippen molar-refractivity contribution < 1.29 is 9.53 Å². The lowest BCUT2D eigenvalue weighted by Gasteiger charge is -1.96. The third-order valence-corrected chi connectivity index (χ3v) is 1.04. The van der Waals surface area contributed by atoms with Gasteiger partial charge in [0.05, 0.1) is 0 Å². The molecular formula is C6H5ClN2O2. The average Bonchev–Trinajstić information content (AvgIpc) is 1.85. The van der Waals surface area contributed by atoms with Crippen LogP contribution in [0.1, 0.15) is 5.69 Å². The number of carbonyl (C=O) groups is 1. The van der Waals surface area contributed by atoms with Gasteiger partial charge in [0.15, 0.2) is 0 Å². The van der Waals surface area contributed by atoms with E-state index < -0.39 is 5.43 Å². The lowest BCUT2D eigenvalue weighted by atomic mass is 10.4. The molecule has 0 unspecified atom stereocenters. The molecule has 58 valence electrons. The molecule has 0 aliphatic carbocycles. The SMILES string of the molecule is Cc1cc(OC(=O)Cl)ncn1. The Morgan fingerprint density at radius 1 is 1.64 bits per heavy atom. The number of hydrogen-bond donors (Lipinski definition) is 0. The summed E-state index contributed by atoms with van der Waals surface area (Å²) in [7, 11) is 0. The van der Waals surface area contributed by atoms with E-state index >= 15 is 0 Å². The highest BCUT2D eigenvalue weighted by Gasteiger charge is 2.00. The molecule has 0 bridgehead atoms. The van der Waals surface area contributed by atoms with Gasteiger partial charge in [-0.25, -0.2) is 14.8 Å². The van der Waals surface area contributed by atoms with Crippen LogP contribution in [0.25, 0.3) is 0 Å². The zero-order chi connectivity index (χ0) is 8.27. The summed E-state index contributed by atoms with van der Waals surface area (Å²) in [6.07, 6.45) is 1.30. The Hall–Kier alpha value is -1.16. The molecule has 0 spiro atoms. The summed E-state index contributed by atoms with van der Waals surface area (Å²) in [5.41, 5.74) is -0.184. The minimum atomic E-state index is -0.900. The molecule has 1 rings (SSSR count). The van der Waals surface area contributed by atoms with E-state index in [4.69, 9.17) is 11.6 Å². The molecule has 0 atom stereocenters. The van der Waals surface area contributed by atoms with Gasteiger partial charge < -0.3 is 4.74 Å². The Kier molecular flexibility index (Phi) is 2.38. The maximum absolute atomic E-state index is 10.2. The van der Waals surface area contributed by atoms with Crippen LogP contribution in [0.2, 0.25) is 0 Å². The van der Waals surface area contributed by atoms with E-state index in [9.17, 15) is 4.79 Å². The van der Waals surface area contributed by atoms with E-state index in [0.29, 0.717) is 5.69 Å². The normalized spacial score (nSPS) is 9.27. The summed E-state index contributed by atoms with van der Waals surface area (Å²) in [6.45, 7) is 1.76. The van der Waals surface area contributed by atoms with Gasteiger partial charge >= 0.3 is 5.43 Å². The number of nitrogens with zero attached hydrogens (tertiary/aromatic N) is 2. The molecule has 0 aliphatic heterocycles. The molecule has 11 heavy (non-hydrogen) atoms. The summed E-state index contributed by atoms with van der Waals surface area (Å²) in [6, 6.07) is 1.51. The summed E-state index contributed by atoms with van der Waals surface area (Å²) in [4.78, 5) is 17.6. The predicted molar refractivity (Wildman–Crippen MR) is 38.6 cm³/mol. The molecule has 1 aromatic rings. The second-order valence-corrected chi connectivity index (χ2v) is 2.15. The molecule has 0 saturated carbocycles. The van der Waals surface area contributed by atoms with Crippen LogP contribution in [-0.2, 0) is 0 Å².